The van der Waals surface area contributed by atoms with Crippen molar-refractivity contribution < 1.29 is 4.79 Å². The highest BCUT2D eigenvalue weighted by atomic mass is 79.9. The molecule has 1 heterocycles. The van der Waals surface area contributed by atoms with Gasteiger partial charge in [0.05, 0.1) is 5.69 Å². The molecule has 3 aromatic carbocycles. The van der Waals surface area contributed by atoms with Gasteiger partial charge in [0.25, 0.3) is 5.91 Å². The second-order valence-corrected chi connectivity index (χ2v) is 7.27. The number of hydrogen-bond donors (Lipinski definition) is 0. The average Bonchev–Trinajstić information content (AvgIpc) is 3.00. The highest BCUT2D eigenvalue weighted by Crippen LogP contribution is 2.28. The van der Waals surface area contributed by atoms with Crippen LogP contribution in [0.3, 0.4) is 0 Å². The molecule has 0 fully saturated rings. The van der Waals surface area contributed by atoms with E-state index in [9.17, 15) is 4.79 Å². The van der Waals surface area contributed by atoms with Gasteiger partial charge in [-0.15, -0.1) is 0 Å². The van der Waals surface area contributed by atoms with Crippen molar-refractivity contribution >= 4 is 39.4 Å². The number of benzene rings is 3. The fourth-order valence-electron chi connectivity index (χ4n) is 2.95. The van der Waals surface area contributed by atoms with Crippen molar-refractivity contribution in [3.63, 3.8) is 0 Å². The van der Waals surface area contributed by atoms with E-state index in [2.05, 4.69) is 20.9 Å². The summed E-state index contributed by atoms with van der Waals surface area (Å²) in [6, 6.07) is 25.5. The van der Waals surface area contributed by atoms with E-state index in [-0.39, 0.29) is 5.91 Å². The molecule has 1 aliphatic rings. The van der Waals surface area contributed by atoms with Crippen molar-refractivity contribution in [2.45, 2.75) is 6.92 Å². The molecule has 3 nitrogen and oxygen atoms in total. The van der Waals surface area contributed by atoms with Gasteiger partial charge in [0.15, 0.2) is 0 Å². The van der Waals surface area contributed by atoms with Gasteiger partial charge in [-0.2, -0.15) is 0 Å². The molecular weight excluding hydrogens is 400 g/mol. The van der Waals surface area contributed by atoms with Crippen LogP contribution in [0.5, 0.6) is 0 Å². The summed E-state index contributed by atoms with van der Waals surface area (Å²) in [5, 5.41) is 0. The summed E-state index contributed by atoms with van der Waals surface area (Å²) in [4.78, 5) is 19.5. The Bertz CT molecular complexity index is 1040. The Hall–Kier alpha value is -2.98. The van der Waals surface area contributed by atoms with Gasteiger partial charge in [-0.1, -0.05) is 76.1 Å². The van der Waals surface area contributed by atoms with E-state index in [4.69, 9.17) is 0 Å². The molecule has 0 saturated heterocycles. The fourth-order valence-corrected chi connectivity index (χ4v) is 3.21. The quantitative estimate of drug-likeness (QED) is 0.512. The largest absolute Gasteiger partial charge is 0.282 e. The normalized spacial score (nSPS) is 15.3. The number of hydrogen-bond acceptors (Lipinski definition) is 2. The third kappa shape index (κ3) is 3.62. The van der Waals surface area contributed by atoms with E-state index >= 15 is 0 Å². The summed E-state index contributed by atoms with van der Waals surface area (Å²) in [6.45, 7) is 2.03. The fraction of sp³-hybridized carbons (Fsp3) is 0.0435. The second-order valence-electron chi connectivity index (χ2n) is 6.36. The lowest BCUT2D eigenvalue weighted by atomic mass is 10.1. The molecule has 0 bridgehead atoms. The van der Waals surface area contributed by atoms with Crippen LogP contribution < -0.4 is 4.90 Å². The van der Waals surface area contributed by atoms with E-state index in [1.54, 1.807) is 4.90 Å². The molecule has 0 aromatic heterocycles. The Morgan fingerprint density at radius 1 is 0.889 bits per heavy atom. The first-order valence-corrected chi connectivity index (χ1v) is 9.43. The van der Waals surface area contributed by atoms with E-state index in [0.717, 1.165) is 26.9 Å². The lowest BCUT2D eigenvalue weighted by molar-refractivity contribution is -0.113. The van der Waals surface area contributed by atoms with Crippen LogP contribution in [-0.2, 0) is 4.79 Å². The molecule has 0 radical (unpaired) electrons. The molecule has 0 N–H and O–H groups in total. The minimum atomic E-state index is -0.124. The first kappa shape index (κ1) is 17.4. The van der Waals surface area contributed by atoms with Crippen LogP contribution in [0.2, 0.25) is 0 Å². The maximum atomic E-state index is 13.2. The molecule has 0 spiro atoms. The third-order valence-electron chi connectivity index (χ3n) is 4.36. The monoisotopic (exact) mass is 416 g/mol. The van der Waals surface area contributed by atoms with Gasteiger partial charge in [-0.25, -0.2) is 4.99 Å². The molecule has 0 unspecified atom stereocenters. The van der Waals surface area contributed by atoms with E-state index in [1.807, 2.05) is 91.9 Å². The highest BCUT2D eigenvalue weighted by Gasteiger charge is 2.32. The van der Waals surface area contributed by atoms with Crippen molar-refractivity contribution in [1.82, 2.24) is 0 Å². The Morgan fingerprint density at radius 2 is 1.56 bits per heavy atom. The second kappa shape index (κ2) is 7.33. The van der Waals surface area contributed by atoms with Gasteiger partial charge < -0.3 is 0 Å². The maximum absolute atomic E-state index is 13.2. The van der Waals surface area contributed by atoms with Crippen molar-refractivity contribution in [2.75, 3.05) is 4.90 Å². The standard InChI is InChI=1S/C23H17BrN2O/c1-16-7-13-20(14-8-16)26-22(18-9-11-19(24)12-10-18)25-21(23(26)27)15-17-5-3-2-4-6-17/h2-15H,1H3/b21-15+. The number of nitrogens with zero attached hydrogens (tertiary/aromatic N) is 2. The van der Waals surface area contributed by atoms with E-state index < -0.39 is 0 Å². The zero-order chi connectivity index (χ0) is 18.8. The first-order chi connectivity index (χ1) is 13.1. The lowest BCUT2D eigenvalue weighted by Crippen LogP contribution is -2.32. The maximum Gasteiger partial charge on any atom is 0.282 e. The Balaban J connectivity index is 1.82. The summed E-state index contributed by atoms with van der Waals surface area (Å²) < 4.78 is 0.984. The summed E-state index contributed by atoms with van der Waals surface area (Å²) in [5.41, 5.74) is 4.23. The van der Waals surface area contributed by atoms with Gasteiger partial charge in [-0.3, -0.25) is 9.69 Å². The zero-order valence-electron chi connectivity index (χ0n) is 14.8. The van der Waals surface area contributed by atoms with Crippen LogP contribution in [0.25, 0.3) is 6.08 Å². The Kier molecular flexibility index (Phi) is 4.73. The predicted octanol–water partition coefficient (Wildman–Crippen LogP) is 5.59. The summed E-state index contributed by atoms with van der Waals surface area (Å²) >= 11 is 3.46. The smallest absolute Gasteiger partial charge is 0.266 e. The molecule has 3 aromatic rings. The SMILES string of the molecule is Cc1ccc(N2C(=O)/C(=C\c3ccccc3)N=C2c2ccc(Br)cc2)cc1. The van der Waals surface area contributed by atoms with Crippen molar-refractivity contribution in [1.29, 1.82) is 0 Å². The van der Waals surface area contributed by atoms with Crippen LogP contribution >= 0.6 is 15.9 Å². The number of amides is 1. The first-order valence-electron chi connectivity index (χ1n) is 8.64. The number of carbonyl (C=O) groups excluding carboxylic acids is 1. The number of carbonyl (C=O) groups is 1. The van der Waals surface area contributed by atoms with E-state index in [1.165, 1.54) is 0 Å². The molecule has 1 aliphatic heterocycles. The predicted molar refractivity (Wildman–Crippen MR) is 114 cm³/mol. The molecule has 0 atom stereocenters. The summed E-state index contributed by atoms with van der Waals surface area (Å²) in [7, 11) is 0. The Morgan fingerprint density at radius 3 is 2.22 bits per heavy atom. The molecular formula is C23H17BrN2O. The van der Waals surface area contributed by atoms with Crippen molar-refractivity contribution in [3.8, 4) is 0 Å². The minimum Gasteiger partial charge on any atom is -0.266 e. The zero-order valence-corrected chi connectivity index (χ0v) is 16.3. The summed E-state index contributed by atoms with van der Waals surface area (Å²) in [5.74, 6) is 0.513. The van der Waals surface area contributed by atoms with Crippen molar-refractivity contribution in [3.05, 3.63) is 106 Å². The molecule has 0 saturated carbocycles. The van der Waals surface area contributed by atoms with Gasteiger partial charge in [0.1, 0.15) is 11.5 Å². The Labute approximate surface area is 166 Å². The molecule has 4 rings (SSSR count). The third-order valence-corrected chi connectivity index (χ3v) is 4.89. The molecule has 27 heavy (non-hydrogen) atoms. The minimum absolute atomic E-state index is 0.124. The van der Waals surface area contributed by atoms with E-state index in [0.29, 0.717) is 11.5 Å². The van der Waals surface area contributed by atoms with Crippen LogP contribution in [-0.4, -0.2) is 11.7 Å². The number of aliphatic imine (C=N–C) groups is 1. The molecule has 1 amide bonds. The molecule has 4 heteroatoms. The van der Waals surface area contributed by atoms with Crippen LogP contribution in [0.15, 0.2) is 94.0 Å². The highest BCUT2D eigenvalue weighted by molar-refractivity contribution is 9.10. The van der Waals surface area contributed by atoms with Crippen LogP contribution in [0.1, 0.15) is 16.7 Å². The molecule has 132 valence electrons. The van der Waals surface area contributed by atoms with Gasteiger partial charge >= 0.3 is 0 Å². The number of anilines is 1. The van der Waals surface area contributed by atoms with Gasteiger partial charge in [0, 0.05) is 10.0 Å². The van der Waals surface area contributed by atoms with Crippen LogP contribution in [0.4, 0.5) is 5.69 Å². The number of halogens is 1. The van der Waals surface area contributed by atoms with Crippen LogP contribution in [0, 0.1) is 6.92 Å². The molecule has 0 aliphatic carbocycles. The number of aryl methyl sites for hydroxylation is 1. The number of rotatable bonds is 3. The average molecular weight is 417 g/mol. The lowest BCUT2D eigenvalue weighted by Gasteiger charge is -2.18. The van der Waals surface area contributed by atoms with Crippen molar-refractivity contribution in [2.24, 2.45) is 4.99 Å². The topological polar surface area (TPSA) is 32.7 Å². The summed E-state index contributed by atoms with van der Waals surface area (Å²) in [6.07, 6.45) is 1.83. The van der Waals surface area contributed by atoms with Gasteiger partial charge in [0.2, 0.25) is 0 Å². The van der Waals surface area contributed by atoms with Gasteiger partial charge in [-0.05, 0) is 42.8 Å². The number of amidine groups is 1.